The van der Waals surface area contributed by atoms with Crippen LogP contribution in [0.5, 0.6) is 11.5 Å². The molecule has 0 radical (unpaired) electrons. The number of carbonyl (C=O) groups excluding carboxylic acids is 2. The van der Waals surface area contributed by atoms with Gasteiger partial charge in [0.1, 0.15) is 12.6 Å². The number of halogens is 1. The summed E-state index contributed by atoms with van der Waals surface area (Å²) in [6, 6.07) is 10.9. The van der Waals surface area contributed by atoms with E-state index in [0.29, 0.717) is 35.1 Å². The fraction of sp³-hybridized carbons (Fsp3) is 0.417. The molecular formula is C24H30ClN3O6S. The number of carbonyl (C=O) groups is 2. The van der Waals surface area contributed by atoms with Gasteiger partial charge in [0.25, 0.3) is 0 Å². The minimum Gasteiger partial charge on any atom is -0.454 e. The molecule has 0 fully saturated rings. The first kappa shape index (κ1) is 26.6. The van der Waals surface area contributed by atoms with Gasteiger partial charge in [-0.05, 0) is 44.0 Å². The van der Waals surface area contributed by atoms with E-state index >= 15 is 0 Å². The van der Waals surface area contributed by atoms with Crippen molar-refractivity contribution in [3.63, 3.8) is 0 Å². The van der Waals surface area contributed by atoms with E-state index in [9.17, 15) is 18.0 Å². The number of ether oxygens (including phenoxy) is 2. The molecule has 0 aromatic heterocycles. The van der Waals surface area contributed by atoms with Gasteiger partial charge in [-0.3, -0.25) is 13.9 Å². The Balaban J connectivity index is 1.98. The van der Waals surface area contributed by atoms with Crippen molar-refractivity contribution in [1.82, 2.24) is 10.2 Å². The van der Waals surface area contributed by atoms with E-state index < -0.39 is 28.5 Å². The Labute approximate surface area is 211 Å². The summed E-state index contributed by atoms with van der Waals surface area (Å²) in [6.45, 7) is 5.09. The van der Waals surface area contributed by atoms with Crippen LogP contribution in [0.1, 0.15) is 32.8 Å². The lowest BCUT2D eigenvalue weighted by atomic mass is 10.1. The number of amides is 2. The minimum absolute atomic E-state index is 0.0363. The molecule has 0 bridgehead atoms. The second-order valence-corrected chi connectivity index (χ2v) is 10.5. The van der Waals surface area contributed by atoms with Gasteiger partial charge in [-0.25, -0.2) is 8.42 Å². The Morgan fingerprint density at radius 3 is 2.46 bits per heavy atom. The Morgan fingerprint density at radius 2 is 1.80 bits per heavy atom. The normalized spacial score (nSPS) is 13.3. The molecule has 0 saturated heterocycles. The quantitative estimate of drug-likeness (QED) is 0.485. The number of nitrogens with one attached hydrogen (secondary N) is 1. The number of sulfonamides is 1. The number of nitrogens with zero attached hydrogens (tertiary/aromatic N) is 2. The van der Waals surface area contributed by atoms with Crippen molar-refractivity contribution < 1.29 is 27.5 Å². The molecule has 190 valence electrons. The predicted molar refractivity (Wildman–Crippen MR) is 134 cm³/mol. The molecule has 1 N–H and O–H groups in total. The standard InChI is InChI=1S/C24H30ClN3O6S/c1-4-20(24(30)26-5-2)27(14-17-9-7-8-10-19(17)25)23(29)15-28(35(31,32)6-3)18-11-12-21-22(13-18)34-16-33-21/h7-13,20H,4-6,14-16H2,1-3H3,(H,26,30). The summed E-state index contributed by atoms with van der Waals surface area (Å²) in [5, 5.41) is 3.21. The summed E-state index contributed by atoms with van der Waals surface area (Å²) in [4.78, 5) is 27.9. The fourth-order valence-corrected chi connectivity index (χ4v) is 5.03. The van der Waals surface area contributed by atoms with Crippen molar-refractivity contribution in [2.75, 3.05) is 29.9 Å². The lowest BCUT2D eigenvalue weighted by Gasteiger charge is -2.33. The van der Waals surface area contributed by atoms with E-state index in [2.05, 4.69) is 5.32 Å². The first-order valence-electron chi connectivity index (χ1n) is 11.4. The molecule has 0 spiro atoms. The van der Waals surface area contributed by atoms with Gasteiger partial charge in [0.05, 0.1) is 11.4 Å². The van der Waals surface area contributed by atoms with E-state index in [0.717, 1.165) is 4.31 Å². The molecule has 1 unspecified atom stereocenters. The fourth-order valence-electron chi connectivity index (χ4n) is 3.78. The van der Waals surface area contributed by atoms with Crippen LogP contribution in [-0.2, 0) is 26.2 Å². The highest BCUT2D eigenvalue weighted by Gasteiger charge is 2.33. The number of anilines is 1. The average molecular weight is 524 g/mol. The molecule has 2 aromatic rings. The van der Waals surface area contributed by atoms with Crippen LogP contribution < -0.4 is 19.1 Å². The molecule has 1 heterocycles. The van der Waals surface area contributed by atoms with E-state index in [-0.39, 0.29) is 30.7 Å². The van der Waals surface area contributed by atoms with Gasteiger partial charge in [-0.15, -0.1) is 0 Å². The second-order valence-electron chi connectivity index (χ2n) is 7.88. The molecular weight excluding hydrogens is 494 g/mol. The largest absolute Gasteiger partial charge is 0.454 e. The zero-order valence-electron chi connectivity index (χ0n) is 20.0. The lowest BCUT2D eigenvalue weighted by molar-refractivity contribution is -0.140. The summed E-state index contributed by atoms with van der Waals surface area (Å²) in [5.41, 5.74) is 0.923. The number of rotatable bonds is 11. The van der Waals surface area contributed by atoms with E-state index in [4.69, 9.17) is 21.1 Å². The van der Waals surface area contributed by atoms with Crippen LogP contribution in [0.2, 0.25) is 5.02 Å². The highest BCUT2D eigenvalue weighted by Crippen LogP contribution is 2.36. The second kappa shape index (κ2) is 11.6. The van der Waals surface area contributed by atoms with Crippen LogP contribution in [0.25, 0.3) is 0 Å². The highest BCUT2D eigenvalue weighted by atomic mass is 35.5. The maximum atomic E-state index is 13.7. The Hall–Kier alpha value is -2.98. The summed E-state index contributed by atoms with van der Waals surface area (Å²) in [6.07, 6.45) is 0.340. The molecule has 0 aliphatic carbocycles. The number of hydrogen-bond donors (Lipinski definition) is 1. The Bertz CT molecular complexity index is 1170. The summed E-state index contributed by atoms with van der Waals surface area (Å²) in [7, 11) is -3.84. The smallest absolute Gasteiger partial charge is 0.244 e. The third kappa shape index (κ3) is 6.18. The molecule has 2 aromatic carbocycles. The van der Waals surface area contributed by atoms with Crippen molar-refractivity contribution in [1.29, 1.82) is 0 Å². The lowest BCUT2D eigenvalue weighted by Crippen LogP contribution is -2.52. The van der Waals surface area contributed by atoms with Crippen molar-refractivity contribution in [2.45, 2.75) is 39.8 Å². The molecule has 1 atom stereocenters. The highest BCUT2D eigenvalue weighted by molar-refractivity contribution is 7.92. The van der Waals surface area contributed by atoms with Crippen LogP contribution in [0.4, 0.5) is 5.69 Å². The molecule has 35 heavy (non-hydrogen) atoms. The predicted octanol–water partition coefficient (Wildman–Crippen LogP) is 3.17. The van der Waals surface area contributed by atoms with E-state index in [1.807, 2.05) is 0 Å². The number of fused-ring (bicyclic) bond motifs is 1. The van der Waals surface area contributed by atoms with Crippen molar-refractivity contribution in [2.24, 2.45) is 0 Å². The monoisotopic (exact) mass is 523 g/mol. The molecule has 11 heteroatoms. The number of hydrogen-bond acceptors (Lipinski definition) is 6. The molecule has 2 amide bonds. The third-order valence-corrected chi connectivity index (χ3v) is 7.77. The van der Waals surface area contributed by atoms with Gasteiger partial charge in [-0.2, -0.15) is 0 Å². The summed E-state index contributed by atoms with van der Waals surface area (Å²) in [5.74, 6) is -0.169. The summed E-state index contributed by atoms with van der Waals surface area (Å²) >= 11 is 6.34. The number of likely N-dealkylation sites (N-methyl/N-ethyl adjacent to an activating group) is 1. The van der Waals surface area contributed by atoms with E-state index in [1.54, 1.807) is 50.2 Å². The average Bonchev–Trinajstić information content (AvgIpc) is 3.31. The van der Waals surface area contributed by atoms with Gasteiger partial charge in [0.2, 0.25) is 28.6 Å². The van der Waals surface area contributed by atoms with Gasteiger partial charge in [0, 0.05) is 24.2 Å². The van der Waals surface area contributed by atoms with Crippen LogP contribution in [0.3, 0.4) is 0 Å². The van der Waals surface area contributed by atoms with Crippen LogP contribution >= 0.6 is 11.6 Å². The molecule has 3 rings (SSSR count). The topological polar surface area (TPSA) is 105 Å². The van der Waals surface area contributed by atoms with Gasteiger partial charge in [0.15, 0.2) is 11.5 Å². The van der Waals surface area contributed by atoms with Crippen LogP contribution in [0, 0.1) is 0 Å². The first-order valence-corrected chi connectivity index (χ1v) is 13.4. The Kier molecular flexibility index (Phi) is 8.85. The maximum absolute atomic E-state index is 13.7. The first-order chi connectivity index (χ1) is 16.7. The van der Waals surface area contributed by atoms with Crippen molar-refractivity contribution in [3.8, 4) is 11.5 Å². The molecule has 1 aliphatic heterocycles. The van der Waals surface area contributed by atoms with Gasteiger partial charge < -0.3 is 19.7 Å². The van der Waals surface area contributed by atoms with Crippen LogP contribution in [0.15, 0.2) is 42.5 Å². The molecule has 1 aliphatic rings. The zero-order valence-corrected chi connectivity index (χ0v) is 21.6. The SMILES string of the molecule is CCNC(=O)C(CC)N(Cc1ccccc1Cl)C(=O)CN(c1ccc2c(c1)OCO2)S(=O)(=O)CC. The third-order valence-electron chi connectivity index (χ3n) is 5.66. The molecule has 9 nitrogen and oxygen atoms in total. The number of benzene rings is 2. The van der Waals surface area contributed by atoms with Gasteiger partial charge in [-0.1, -0.05) is 36.7 Å². The van der Waals surface area contributed by atoms with E-state index in [1.165, 1.54) is 17.9 Å². The van der Waals surface area contributed by atoms with Crippen LogP contribution in [-0.4, -0.2) is 56.8 Å². The minimum atomic E-state index is -3.84. The van der Waals surface area contributed by atoms with Crippen molar-refractivity contribution in [3.05, 3.63) is 53.1 Å². The zero-order chi connectivity index (χ0) is 25.6. The maximum Gasteiger partial charge on any atom is 0.244 e. The van der Waals surface area contributed by atoms with Crippen molar-refractivity contribution >= 4 is 39.1 Å². The molecule has 0 saturated carbocycles. The summed E-state index contributed by atoms with van der Waals surface area (Å²) < 4.78 is 37.8. The Morgan fingerprint density at radius 1 is 1.09 bits per heavy atom. The van der Waals surface area contributed by atoms with Gasteiger partial charge >= 0.3 is 0 Å².